The number of benzene rings is 2. The third-order valence-electron chi connectivity index (χ3n) is 4.35. The maximum Gasteiger partial charge on any atom is 0.433 e. The number of primary amides is 1. The highest BCUT2D eigenvalue weighted by Crippen LogP contribution is 2.36. The molecule has 1 amide bonds. The van der Waals surface area contributed by atoms with Crippen LogP contribution in [0.3, 0.4) is 0 Å². The molecule has 0 saturated heterocycles. The third-order valence-corrected chi connectivity index (χ3v) is 4.35. The second-order valence-corrected chi connectivity index (χ2v) is 6.09. The molecule has 0 radical (unpaired) electrons. The van der Waals surface area contributed by atoms with Gasteiger partial charge < -0.3 is 15.5 Å². The van der Waals surface area contributed by atoms with Crippen molar-refractivity contribution in [3.05, 3.63) is 53.7 Å². The summed E-state index contributed by atoms with van der Waals surface area (Å²) in [5, 5.41) is 0.446. The van der Waals surface area contributed by atoms with Gasteiger partial charge in [-0.1, -0.05) is 0 Å². The van der Waals surface area contributed by atoms with Crippen LogP contribution in [0.25, 0.3) is 33.3 Å². The first-order valence-corrected chi connectivity index (χ1v) is 8.13. The largest absolute Gasteiger partial charge is 0.494 e. The molecule has 0 saturated carbocycles. The number of imidazole rings is 1. The number of carbonyl (C=O) groups excluding carboxylic acids is 1. The molecule has 0 atom stereocenters. The molecule has 4 aromatic rings. The number of aromatic nitrogens is 3. The van der Waals surface area contributed by atoms with Crippen LogP contribution in [-0.4, -0.2) is 28.0 Å². The van der Waals surface area contributed by atoms with Crippen molar-refractivity contribution in [2.75, 3.05) is 7.11 Å². The van der Waals surface area contributed by atoms with Gasteiger partial charge in [-0.3, -0.25) is 4.79 Å². The maximum absolute atomic E-state index is 13.1. The number of amides is 1. The molecule has 0 spiro atoms. The molecule has 142 valence electrons. The molecular formula is C19H13F3N4O2. The van der Waals surface area contributed by atoms with E-state index >= 15 is 0 Å². The topological polar surface area (TPSA) is 93.9 Å². The number of hydrogen-bond acceptors (Lipinski definition) is 4. The minimum absolute atomic E-state index is 0.0770. The molecule has 3 N–H and O–H groups in total. The number of fused-ring (bicyclic) bond motifs is 2. The van der Waals surface area contributed by atoms with Crippen LogP contribution < -0.4 is 10.5 Å². The number of hydrogen-bond donors (Lipinski definition) is 2. The van der Waals surface area contributed by atoms with Crippen molar-refractivity contribution >= 4 is 27.8 Å². The van der Waals surface area contributed by atoms with Crippen LogP contribution >= 0.6 is 0 Å². The molecule has 0 aliphatic rings. The van der Waals surface area contributed by atoms with Gasteiger partial charge in [0.1, 0.15) is 22.8 Å². The van der Waals surface area contributed by atoms with Gasteiger partial charge in [0.2, 0.25) is 5.91 Å². The molecule has 28 heavy (non-hydrogen) atoms. The Morgan fingerprint density at radius 1 is 1.11 bits per heavy atom. The zero-order valence-corrected chi connectivity index (χ0v) is 14.5. The lowest BCUT2D eigenvalue weighted by Gasteiger charge is -2.11. The van der Waals surface area contributed by atoms with Crippen LogP contribution in [0.1, 0.15) is 16.1 Å². The Balaban J connectivity index is 1.93. The van der Waals surface area contributed by atoms with Crippen LogP contribution in [0.15, 0.2) is 42.5 Å². The number of pyridine rings is 1. The Labute approximate surface area is 156 Å². The van der Waals surface area contributed by atoms with Gasteiger partial charge in [0.15, 0.2) is 0 Å². The summed E-state index contributed by atoms with van der Waals surface area (Å²) >= 11 is 0. The number of H-pyrrole nitrogens is 1. The number of rotatable bonds is 3. The molecule has 6 nitrogen and oxygen atoms in total. The molecule has 9 heteroatoms. The normalized spacial score (nSPS) is 11.9. The molecule has 2 aromatic heterocycles. The SMILES string of the molecule is COc1ccc(-c2nc3ccc(C(N)=O)cc3[nH]2)c2ccc(C(F)(F)F)nc12. The summed E-state index contributed by atoms with van der Waals surface area (Å²) in [5.41, 5.74) is 6.39. The number of nitrogens with two attached hydrogens (primary N) is 1. The lowest BCUT2D eigenvalue weighted by molar-refractivity contribution is -0.140. The summed E-state index contributed by atoms with van der Waals surface area (Å²) in [4.78, 5) is 22.6. The van der Waals surface area contributed by atoms with Crippen LogP contribution in [-0.2, 0) is 6.18 Å². The van der Waals surface area contributed by atoms with Gasteiger partial charge in [0.05, 0.1) is 18.1 Å². The first-order valence-electron chi connectivity index (χ1n) is 8.13. The summed E-state index contributed by atoms with van der Waals surface area (Å²) in [6.07, 6.45) is -4.57. The van der Waals surface area contributed by atoms with E-state index in [1.807, 2.05) is 0 Å². The maximum atomic E-state index is 13.1. The minimum Gasteiger partial charge on any atom is -0.494 e. The van der Waals surface area contributed by atoms with Gasteiger partial charge >= 0.3 is 6.18 Å². The molecule has 0 aliphatic carbocycles. The van der Waals surface area contributed by atoms with E-state index in [2.05, 4.69) is 15.0 Å². The van der Waals surface area contributed by atoms with Crippen LogP contribution in [0.5, 0.6) is 5.75 Å². The smallest absolute Gasteiger partial charge is 0.433 e. The van der Waals surface area contributed by atoms with E-state index in [0.717, 1.165) is 6.07 Å². The quantitative estimate of drug-likeness (QED) is 0.558. The molecular weight excluding hydrogens is 373 g/mol. The number of ether oxygens (including phenoxy) is 1. The number of methoxy groups -OCH3 is 1. The van der Waals surface area contributed by atoms with Gasteiger partial charge in [0, 0.05) is 16.5 Å². The lowest BCUT2D eigenvalue weighted by atomic mass is 10.1. The zero-order valence-electron chi connectivity index (χ0n) is 14.5. The number of nitrogens with one attached hydrogen (secondary N) is 1. The zero-order chi connectivity index (χ0) is 20.1. The Kier molecular flexibility index (Phi) is 3.95. The summed E-state index contributed by atoms with van der Waals surface area (Å²) < 4.78 is 44.3. The van der Waals surface area contributed by atoms with E-state index in [0.29, 0.717) is 33.4 Å². The van der Waals surface area contributed by atoms with E-state index in [9.17, 15) is 18.0 Å². The monoisotopic (exact) mass is 386 g/mol. The fourth-order valence-corrected chi connectivity index (χ4v) is 3.01. The van der Waals surface area contributed by atoms with Gasteiger partial charge in [-0.05, 0) is 42.5 Å². The van der Waals surface area contributed by atoms with Crippen molar-refractivity contribution in [2.45, 2.75) is 6.18 Å². The van der Waals surface area contributed by atoms with Gasteiger partial charge in [0.25, 0.3) is 0 Å². The average molecular weight is 386 g/mol. The molecule has 0 unspecified atom stereocenters. The fraction of sp³-hybridized carbons (Fsp3) is 0.105. The second-order valence-electron chi connectivity index (χ2n) is 6.09. The highest BCUT2D eigenvalue weighted by Gasteiger charge is 2.33. The Hall–Kier alpha value is -3.62. The predicted molar refractivity (Wildman–Crippen MR) is 96.9 cm³/mol. The number of carbonyl (C=O) groups is 1. The van der Waals surface area contributed by atoms with Gasteiger partial charge in [-0.25, -0.2) is 9.97 Å². The van der Waals surface area contributed by atoms with Crippen molar-refractivity contribution < 1.29 is 22.7 Å². The molecule has 0 aliphatic heterocycles. The first kappa shape index (κ1) is 17.8. The van der Waals surface area contributed by atoms with Crippen LogP contribution in [0.2, 0.25) is 0 Å². The molecule has 0 bridgehead atoms. The van der Waals surface area contributed by atoms with Crippen LogP contribution in [0.4, 0.5) is 13.2 Å². The van der Waals surface area contributed by atoms with Crippen molar-refractivity contribution in [3.63, 3.8) is 0 Å². The summed E-state index contributed by atoms with van der Waals surface area (Å²) in [6, 6.07) is 10.2. The average Bonchev–Trinajstić information content (AvgIpc) is 3.08. The van der Waals surface area contributed by atoms with Crippen molar-refractivity contribution in [1.82, 2.24) is 15.0 Å². The summed E-state index contributed by atoms with van der Waals surface area (Å²) in [6.45, 7) is 0. The molecule has 2 heterocycles. The first-order chi connectivity index (χ1) is 13.3. The number of alkyl halides is 3. The predicted octanol–water partition coefficient (Wildman–Crippen LogP) is 3.90. The number of halogens is 3. The Bertz CT molecular complexity index is 1230. The van der Waals surface area contributed by atoms with Gasteiger partial charge in [-0.2, -0.15) is 13.2 Å². The van der Waals surface area contributed by atoms with Crippen molar-refractivity contribution in [3.8, 4) is 17.1 Å². The fourth-order valence-electron chi connectivity index (χ4n) is 3.01. The Morgan fingerprint density at radius 2 is 1.89 bits per heavy atom. The lowest BCUT2D eigenvalue weighted by Crippen LogP contribution is -2.10. The van der Waals surface area contributed by atoms with E-state index in [1.54, 1.807) is 24.3 Å². The number of nitrogens with zero attached hydrogens (tertiary/aromatic N) is 2. The van der Waals surface area contributed by atoms with E-state index < -0.39 is 17.8 Å². The molecule has 0 fully saturated rings. The van der Waals surface area contributed by atoms with Gasteiger partial charge in [-0.15, -0.1) is 0 Å². The third kappa shape index (κ3) is 2.90. The Morgan fingerprint density at radius 3 is 2.57 bits per heavy atom. The van der Waals surface area contributed by atoms with Crippen molar-refractivity contribution in [2.24, 2.45) is 5.73 Å². The number of aromatic amines is 1. The van der Waals surface area contributed by atoms with E-state index in [-0.39, 0.29) is 11.3 Å². The summed E-state index contributed by atoms with van der Waals surface area (Å²) in [7, 11) is 1.36. The molecule has 2 aromatic carbocycles. The van der Waals surface area contributed by atoms with Crippen molar-refractivity contribution in [1.29, 1.82) is 0 Å². The highest BCUT2D eigenvalue weighted by molar-refractivity contribution is 5.99. The second kappa shape index (κ2) is 6.22. The van der Waals surface area contributed by atoms with E-state index in [4.69, 9.17) is 10.5 Å². The minimum atomic E-state index is -4.57. The van der Waals surface area contributed by atoms with Crippen LogP contribution in [0, 0.1) is 0 Å². The van der Waals surface area contributed by atoms with E-state index in [1.165, 1.54) is 19.2 Å². The molecule has 4 rings (SSSR count). The standard InChI is InChI=1S/C19H13F3N4O2/c1-28-14-6-3-11(10-4-7-15(19(20,21)22)26-16(10)14)18-24-12-5-2-9(17(23)27)8-13(12)25-18/h2-8H,1H3,(H2,23,27)(H,24,25). The summed E-state index contributed by atoms with van der Waals surface area (Å²) in [5.74, 6) is 0.0691. The highest BCUT2D eigenvalue weighted by atomic mass is 19.4.